The minimum absolute atomic E-state index is 0.808. The Morgan fingerprint density at radius 2 is 0.987 bits per heavy atom. The Labute approximate surface area is 451 Å². The van der Waals surface area contributed by atoms with E-state index in [0.29, 0.717) is 0 Å². The van der Waals surface area contributed by atoms with E-state index in [2.05, 4.69) is 177 Å². The molecule has 78 heavy (non-hydrogen) atoms. The first-order valence-electron chi connectivity index (χ1n) is 26.2. The Balaban J connectivity index is 0.834. The molecule has 18 rings (SSSR count). The molecule has 1 aliphatic rings. The summed E-state index contributed by atoms with van der Waals surface area (Å²) in [7, 11) is 0. The van der Waals surface area contributed by atoms with Crippen LogP contribution in [0.1, 0.15) is 23.2 Å². The summed E-state index contributed by atoms with van der Waals surface area (Å²) in [6.07, 6.45) is 19.6. The molecule has 0 fully saturated rings. The number of para-hydroxylation sites is 4. The van der Waals surface area contributed by atoms with Crippen molar-refractivity contribution in [3.05, 3.63) is 218 Å². The zero-order chi connectivity index (χ0) is 50.7. The topological polar surface area (TPSA) is 87.7 Å². The van der Waals surface area contributed by atoms with E-state index in [1.807, 2.05) is 49.6 Å². The lowest BCUT2D eigenvalue weighted by atomic mass is 9.90. The van der Waals surface area contributed by atoms with Gasteiger partial charge in [-0.15, -0.1) is 22.7 Å². The number of allylic oxidation sites excluding steroid dienone is 1. The maximum Gasteiger partial charge on any atom is 0.159 e. The smallest absolute Gasteiger partial charge is 0.159 e. The summed E-state index contributed by atoms with van der Waals surface area (Å²) in [5, 5.41) is 12.4. The van der Waals surface area contributed by atoms with E-state index in [-0.39, 0.29) is 0 Å². The first-order valence-corrected chi connectivity index (χ1v) is 27.8. The number of hydrogen-bond donors (Lipinski definition) is 0. The number of thiophene rings is 2. The molecule has 0 amide bonds. The Hall–Kier alpha value is -9.74. The molecule has 0 aliphatic heterocycles. The summed E-state index contributed by atoms with van der Waals surface area (Å²) in [6.45, 7) is 0. The Morgan fingerprint density at radius 3 is 1.71 bits per heavy atom. The van der Waals surface area contributed by atoms with Gasteiger partial charge in [0.2, 0.25) is 0 Å². The third-order valence-electron chi connectivity index (χ3n) is 16.4. The number of furan rings is 2. The van der Waals surface area contributed by atoms with Crippen LogP contribution in [0, 0.1) is 0 Å². The van der Waals surface area contributed by atoms with Gasteiger partial charge in [-0.3, -0.25) is 19.9 Å². The molecule has 10 heterocycles. The molecule has 0 radical (unpaired) electrons. The van der Waals surface area contributed by atoms with Crippen molar-refractivity contribution in [1.29, 1.82) is 0 Å². The molecule has 0 unspecified atom stereocenters. The van der Waals surface area contributed by atoms with E-state index in [0.717, 1.165) is 123 Å². The molecule has 8 nitrogen and oxygen atoms in total. The second-order valence-corrected chi connectivity index (χ2v) is 22.6. The molecule has 364 valence electrons. The van der Waals surface area contributed by atoms with E-state index in [1.165, 1.54) is 62.8 Å². The van der Waals surface area contributed by atoms with Crippen LogP contribution in [0.3, 0.4) is 0 Å². The molecular formula is C68H38N6O2S2. The van der Waals surface area contributed by atoms with Gasteiger partial charge in [0.05, 0.1) is 22.2 Å². The van der Waals surface area contributed by atoms with Gasteiger partial charge in [-0.2, -0.15) is 0 Å². The lowest BCUT2D eigenvalue weighted by Crippen LogP contribution is -2.06. The van der Waals surface area contributed by atoms with Crippen molar-refractivity contribution in [3.63, 3.8) is 0 Å². The summed E-state index contributed by atoms with van der Waals surface area (Å²) in [5.41, 5.74) is 18.2. The molecular weight excluding hydrogens is 997 g/mol. The predicted molar refractivity (Wildman–Crippen MR) is 323 cm³/mol. The highest BCUT2D eigenvalue weighted by Crippen LogP contribution is 2.48. The standard InChI is InChI=1S/C68H38N6O2S2/c1-4-13-56-42(8-1)43-9-2-5-14-57(43)73(56)40-18-21-62-48(30-40)45-12-7-11-41(65(45)75-62)37-16-19-59-46(26-37)44-10-3-6-15-58(44)74(59)60-29-39(51-32-72-36-55-53-34-70-25-23-64(53)78-68(51)55)28-49-47-27-38(17-20-61(47)76-66(49)60)50-31-71-35-54-52-33-69-24-22-63(52)77-67(50)54/h1-15,17-18,20-36H,16,19H2. The number of rotatable bonds is 5. The third kappa shape index (κ3) is 5.92. The van der Waals surface area contributed by atoms with E-state index in [4.69, 9.17) is 18.8 Å². The van der Waals surface area contributed by atoms with Gasteiger partial charge in [-0.05, 0) is 108 Å². The molecule has 0 atom stereocenters. The highest BCUT2D eigenvalue weighted by molar-refractivity contribution is 7.26. The van der Waals surface area contributed by atoms with Gasteiger partial charge in [-0.25, -0.2) is 0 Å². The molecule has 10 aromatic heterocycles. The van der Waals surface area contributed by atoms with Crippen molar-refractivity contribution in [2.45, 2.75) is 12.8 Å². The van der Waals surface area contributed by atoms with E-state index >= 15 is 0 Å². The summed E-state index contributed by atoms with van der Waals surface area (Å²) in [5.74, 6) is 0. The average Bonchev–Trinajstić information content (AvgIpc) is 4.51. The van der Waals surface area contributed by atoms with Crippen molar-refractivity contribution in [2.75, 3.05) is 0 Å². The van der Waals surface area contributed by atoms with Crippen molar-refractivity contribution < 1.29 is 8.83 Å². The Kier molecular flexibility index (Phi) is 8.66. The van der Waals surface area contributed by atoms with E-state index in [9.17, 15) is 0 Å². The average molecular weight is 1040 g/mol. The van der Waals surface area contributed by atoms with E-state index < -0.39 is 0 Å². The van der Waals surface area contributed by atoms with Gasteiger partial charge in [0.1, 0.15) is 16.7 Å². The number of nitrogens with zero attached hydrogens (tertiary/aromatic N) is 6. The van der Waals surface area contributed by atoms with Gasteiger partial charge >= 0.3 is 0 Å². The summed E-state index contributed by atoms with van der Waals surface area (Å²) >= 11 is 3.57. The first kappa shape index (κ1) is 42.5. The zero-order valence-corrected chi connectivity index (χ0v) is 43.0. The van der Waals surface area contributed by atoms with Crippen molar-refractivity contribution in [2.24, 2.45) is 0 Å². The summed E-state index contributed by atoms with van der Waals surface area (Å²) < 4.78 is 23.7. The zero-order valence-electron chi connectivity index (χ0n) is 41.4. The van der Waals surface area contributed by atoms with Gasteiger partial charge in [0.15, 0.2) is 5.58 Å². The minimum Gasteiger partial charge on any atom is -0.455 e. The number of hydrogen-bond acceptors (Lipinski definition) is 8. The molecule has 0 saturated carbocycles. The van der Waals surface area contributed by atoms with Crippen LogP contribution in [0.5, 0.6) is 0 Å². The molecule has 0 saturated heterocycles. The van der Waals surface area contributed by atoms with Crippen LogP contribution in [-0.2, 0) is 6.42 Å². The second kappa shape index (κ2) is 15.9. The van der Waals surface area contributed by atoms with Gasteiger partial charge in [0, 0.05) is 161 Å². The molecule has 0 N–H and O–H groups in total. The molecule has 1 aliphatic carbocycles. The lowest BCUT2D eigenvalue weighted by Gasteiger charge is -2.19. The van der Waals surface area contributed by atoms with Crippen LogP contribution < -0.4 is 0 Å². The molecule has 0 bridgehead atoms. The minimum atomic E-state index is 0.808. The summed E-state index contributed by atoms with van der Waals surface area (Å²) in [6, 6.07) is 54.9. The fourth-order valence-electron chi connectivity index (χ4n) is 12.9. The number of aromatic nitrogens is 6. The van der Waals surface area contributed by atoms with Crippen LogP contribution in [0.15, 0.2) is 210 Å². The third-order valence-corrected chi connectivity index (χ3v) is 18.8. The highest BCUT2D eigenvalue weighted by atomic mass is 32.1. The number of pyridine rings is 4. The van der Waals surface area contributed by atoms with Gasteiger partial charge < -0.3 is 18.0 Å². The second-order valence-electron chi connectivity index (χ2n) is 20.5. The first-order chi connectivity index (χ1) is 38.7. The molecule has 17 aromatic rings. The summed E-state index contributed by atoms with van der Waals surface area (Å²) in [4.78, 5) is 18.6. The van der Waals surface area contributed by atoms with Crippen LogP contribution in [-0.4, -0.2) is 29.1 Å². The van der Waals surface area contributed by atoms with Crippen molar-refractivity contribution in [1.82, 2.24) is 29.1 Å². The Bertz CT molecular complexity index is 5440. The van der Waals surface area contributed by atoms with Crippen LogP contribution in [0.25, 0.3) is 162 Å². The van der Waals surface area contributed by atoms with Crippen LogP contribution in [0.4, 0.5) is 0 Å². The lowest BCUT2D eigenvalue weighted by molar-refractivity contribution is 0.665. The largest absolute Gasteiger partial charge is 0.455 e. The SMILES string of the molecule is C1=C(c2cccc3c2oc2ccc(-n4c5ccccc5c5ccccc54)cc23)CCc2c1c1ccccc1n2-c1cc(-c2cncc3c2sc2ccncc23)cc2c1oc1ccc(-c3cncc4c3sc3ccncc34)cc12. The quantitative estimate of drug-likeness (QED) is 0.171. The number of fused-ring (bicyclic) bond motifs is 18. The van der Waals surface area contributed by atoms with Crippen molar-refractivity contribution in [3.8, 4) is 33.6 Å². The molecule has 7 aromatic carbocycles. The normalized spacial score (nSPS) is 13.1. The Morgan fingerprint density at radius 1 is 0.397 bits per heavy atom. The fraction of sp³-hybridized carbons (Fsp3) is 0.0294. The number of benzene rings is 7. The van der Waals surface area contributed by atoms with Crippen LogP contribution >= 0.6 is 22.7 Å². The van der Waals surface area contributed by atoms with E-state index in [1.54, 1.807) is 22.7 Å². The van der Waals surface area contributed by atoms with Crippen LogP contribution in [0.2, 0.25) is 0 Å². The predicted octanol–water partition coefficient (Wildman–Crippen LogP) is 18.7. The maximum absolute atomic E-state index is 7.15. The monoisotopic (exact) mass is 1030 g/mol. The van der Waals surface area contributed by atoms with Crippen molar-refractivity contribution >= 4 is 151 Å². The van der Waals surface area contributed by atoms with Gasteiger partial charge in [-0.1, -0.05) is 78.9 Å². The highest BCUT2D eigenvalue weighted by Gasteiger charge is 2.27. The maximum atomic E-state index is 7.15. The molecule has 0 spiro atoms. The van der Waals surface area contributed by atoms with Gasteiger partial charge in [0.25, 0.3) is 0 Å². The molecule has 10 heteroatoms. The fourth-order valence-corrected chi connectivity index (χ4v) is 15.3.